The lowest BCUT2D eigenvalue weighted by atomic mass is 9.86. The fourth-order valence-electron chi connectivity index (χ4n) is 5.12. The molecule has 7 nitrogen and oxygen atoms in total. The number of carbonyl (C=O) groups is 2. The molecule has 158 valence electrons. The molecule has 0 bridgehead atoms. The van der Waals surface area contributed by atoms with E-state index < -0.39 is 46.6 Å². The second-order valence-corrected chi connectivity index (χ2v) is 9.22. The van der Waals surface area contributed by atoms with Crippen LogP contribution in [0.5, 0.6) is 0 Å². The van der Waals surface area contributed by atoms with E-state index in [1.54, 1.807) is 17.9 Å². The van der Waals surface area contributed by atoms with E-state index in [-0.39, 0.29) is 18.9 Å². The molecule has 5 rings (SSSR count). The largest absolute Gasteiger partial charge is 0.349 e. The standard InChI is InChI=1S/C19H24F3N5O2/c1-17(25-5-4-11(7-25)18(23)9-19(18,21)22)6-12-14(10-2-3-10)15(28)27(24)16(29)26(12)8-13(17)20/h6,8,10-11,14H,2-5,7,9,23-24H2,1H3. The molecule has 2 aliphatic carbocycles. The Labute approximate surface area is 166 Å². The molecule has 0 aromatic rings. The quantitative estimate of drug-likeness (QED) is 0.544. The minimum absolute atomic E-state index is 0.0676. The molecule has 3 heterocycles. The zero-order valence-corrected chi connectivity index (χ0v) is 16.1. The maximum atomic E-state index is 15.2. The molecule has 4 fully saturated rings. The van der Waals surface area contributed by atoms with Crippen molar-refractivity contribution in [2.45, 2.75) is 49.6 Å². The third kappa shape index (κ3) is 2.48. The number of carbonyl (C=O) groups excluding carboxylic acids is 2. The number of fused-ring (bicyclic) bond motifs is 1. The van der Waals surface area contributed by atoms with Crippen LogP contribution in [0.3, 0.4) is 0 Å². The van der Waals surface area contributed by atoms with Crippen LogP contribution in [0.2, 0.25) is 0 Å². The summed E-state index contributed by atoms with van der Waals surface area (Å²) in [4.78, 5) is 28.0. The van der Waals surface area contributed by atoms with Crippen LogP contribution in [0.4, 0.5) is 18.0 Å². The van der Waals surface area contributed by atoms with Crippen molar-refractivity contribution in [2.24, 2.45) is 29.3 Å². The fourth-order valence-corrected chi connectivity index (χ4v) is 5.12. The Kier molecular flexibility index (Phi) is 3.69. The van der Waals surface area contributed by atoms with E-state index in [0.29, 0.717) is 23.7 Å². The predicted molar refractivity (Wildman–Crippen MR) is 96.3 cm³/mol. The van der Waals surface area contributed by atoms with Gasteiger partial charge in [0, 0.05) is 24.9 Å². The van der Waals surface area contributed by atoms with Crippen LogP contribution in [0, 0.1) is 17.8 Å². The number of nitrogens with two attached hydrogens (primary N) is 2. The molecule has 0 spiro atoms. The van der Waals surface area contributed by atoms with Gasteiger partial charge in [0.15, 0.2) is 0 Å². The van der Waals surface area contributed by atoms with Crippen LogP contribution in [-0.2, 0) is 4.79 Å². The Balaban J connectivity index is 1.47. The highest BCUT2D eigenvalue weighted by atomic mass is 19.3. The second kappa shape index (κ2) is 5.61. The van der Waals surface area contributed by atoms with Gasteiger partial charge >= 0.3 is 6.03 Å². The van der Waals surface area contributed by atoms with E-state index in [0.717, 1.165) is 23.9 Å². The lowest BCUT2D eigenvalue weighted by molar-refractivity contribution is -0.134. The van der Waals surface area contributed by atoms with E-state index in [1.165, 1.54) is 0 Å². The number of hydrogen-bond donors (Lipinski definition) is 2. The van der Waals surface area contributed by atoms with Crippen LogP contribution in [0.15, 0.2) is 23.8 Å². The number of alkyl halides is 2. The number of imide groups is 1. The summed E-state index contributed by atoms with van der Waals surface area (Å²) in [6.07, 6.45) is 4.46. The average Bonchev–Trinajstić information content (AvgIpc) is 3.49. The van der Waals surface area contributed by atoms with E-state index in [4.69, 9.17) is 11.6 Å². The van der Waals surface area contributed by atoms with Gasteiger partial charge in [-0.1, -0.05) is 0 Å². The Bertz CT molecular complexity index is 872. The second-order valence-electron chi connectivity index (χ2n) is 9.22. The van der Waals surface area contributed by atoms with Gasteiger partial charge in [0.25, 0.3) is 11.8 Å². The van der Waals surface area contributed by atoms with Crippen LogP contribution in [0.25, 0.3) is 0 Å². The Hall–Kier alpha value is -1.91. The maximum absolute atomic E-state index is 15.2. The third-order valence-electron chi connectivity index (χ3n) is 7.40. The van der Waals surface area contributed by atoms with Gasteiger partial charge in [-0.25, -0.2) is 23.8 Å². The van der Waals surface area contributed by atoms with Crippen LogP contribution in [0.1, 0.15) is 32.6 Å². The predicted octanol–water partition coefficient (Wildman–Crippen LogP) is 1.68. The molecular weight excluding hydrogens is 387 g/mol. The molecule has 3 amide bonds. The van der Waals surface area contributed by atoms with Gasteiger partial charge in [0.2, 0.25) is 0 Å². The number of nitrogens with zero attached hydrogens (tertiary/aromatic N) is 3. The summed E-state index contributed by atoms with van der Waals surface area (Å²) < 4.78 is 42.7. The molecule has 2 saturated heterocycles. The monoisotopic (exact) mass is 411 g/mol. The Morgan fingerprint density at radius 1 is 1.21 bits per heavy atom. The normalized spacial score (nSPS) is 42.0. The molecule has 29 heavy (non-hydrogen) atoms. The van der Waals surface area contributed by atoms with Gasteiger partial charge in [0.1, 0.15) is 5.83 Å². The van der Waals surface area contributed by atoms with Gasteiger partial charge in [-0.3, -0.25) is 14.6 Å². The van der Waals surface area contributed by atoms with Crippen LogP contribution >= 0.6 is 0 Å². The van der Waals surface area contributed by atoms with Crippen molar-refractivity contribution in [1.82, 2.24) is 14.8 Å². The molecular formula is C19H24F3N5O2. The number of rotatable bonds is 3. The summed E-state index contributed by atoms with van der Waals surface area (Å²) in [7, 11) is 0. The summed E-state index contributed by atoms with van der Waals surface area (Å²) in [5.74, 6) is 0.697. The number of halogens is 3. The van der Waals surface area contributed by atoms with Crippen molar-refractivity contribution in [3.63, 3.8) is 0 Å². The van der Waals surface area contributed by atoms with Crippen molar-refractivity contribution < 1.29 is 22.8 Å². The molecule has 2 saturated carbocycles. The van der Waals surface area contributed by atoms with Gasteiger partial charge in [-0.2, -0.15) is 5.01 Å². The van der Waals surface area contributed by atoms with Gasteiger partial charge in [-0.15, -0.1) is 0 Å². The first-order valence-electron chi connectivity index (χ1n) is 9.94. The molecule has 4 N–H and O–H groups in total. The molecule has 3 aliphatic heterocycles. The highest BCUT2D eigenvalue weighted by Gasteiger charge is 2.73. The first kappa shape index (κ1) is 19.1. The molecule has 10 heteroatoms. The van der Waals surface area contributed by atoms with Gasteiger partial charge in [0.05, 0.1) is 17.0 Å². The highest BCUT2D eigenvalue weighted by molar-refractivity contribution is 6.01. The fraction of sp³-hybridized carbons (Fsp3) is 0.684. The average molecular weight is 411 g/mol. The van der Waals surface area contributed by atoms with Crippen molar-refractivity contribution in [1.29, 1.82) is 0 Å². The van der Waals surface area contributed by atoms with Crippen LogP contribution in [-0.4, -0.2) is 56.8 Å². The number of hydrazine groups is 1. The summed E-state index contributed by atoms with van der Waals surface area (Å²) >= 11 is 0. The molecule has 0 radical (unpaired) electrons. The summed E-state index contributed by atoms with van der Waals surface area (Å²) in [5.41, 5.74) is 3.58. The lowest BCUT2D eigenvalue weighted by Gasteiger charge is -2.45. The topological polar surface area (TPSA) is 95.9 Å². The first-order chi connectivity index (χ1) is 13.5. The van der Waals surface area contributed by atoms with Crippen molar-refractivity contribution in [3.05, 3.63) is 23.8 Å². The number of likely N-dealkylation sites (tertiary alicyclic amines) is 1. The molecule has 4 unspecified atom stereocenters. The molecule has 4 atom stereocenters. The van der Waals surface area contributed by atoms with E-state index in [9.17, 15) is 18.4 Å². The van der Waals surface area contributed by atoms with Crippen molar-refractivity contribution >= 4 is 11.9 Å². The van der Waals surface area contributed by atoms with Crippen LogP contribution < -0.4 is 11.6 Å². The van der Waals surface area contributed by atoms with Gasteiger partial charge < -0.3 is 5.73 Å². The zero-order chi connectivity index (χ0) is 20.9. The smallest absolute Gasteiger partial charge is 0.320 e. The first-order valence-corrected chi connectivity index (χ1v) is 9.94. The van der Waals surface area contributed by atoms with E-state index in [2.05, 4.69) is 0 Å². The summed E-state index contributed by atoms with van der Waals surface area (Å²) in [6.45, 7) is 2.28. The van der Waals surface area contributed by atoms with Crippen molar-refractivity contribution in [2.75, 3.05) is 13.1 Å². The Morgan fingerprint density at radius 2 is 1.86 bits per heavy atom. The van der Waals surface area contributed by atoms with Crippen molar-refractivity contribution in [3.8, 4) is 0 Å². The van der Waals surface area contributed by atoms with Gasteiger partial charge in [-0.05, 0) is 50.6 Å². The zero-order valence-electron chi connectivity index (χ0n) is 16.1. The number of hydrogen-bond acceptors (Lipinski definition) is 5. The Morgan fingerprint density at radius 3 is 2.45 bits per heavy atom. The molecule has 0 aromatic heterocycles. The lowest BCUT2D eigenvalue weighted by Crippen LogP contribution is -2.60. The maximum Gasteiger partial charge on any atom is 0.349 e. The minimum atomic E-state index is -2.88. The third-order valence-corrected chi connectivity index (χ3v) is 7.40. The molecule has 5 aliphatic rings. The number of urea groups is 1. The highest BCUT2D eigenvalue weighted by Crippen LogP contribution is 2.57. The summed E-state index contributed by atoms with van der Waals surface area (Å²) in [6, 6.07) is -0.798. The molecule has 0 aromatic carbocycles. The summed E-state index contributed by atoms with van der Waals surface area (Å²) in [5, 5.41) is 0.548. The number of amides is 3. The SMILES string of the molecule is CC1(N2CCC(C3(N)CC3(F)F)C2)C=C2C(C3CC3)C(=O)N(N)C(=O)N2C=C1F. The van der Waals surface area contributed by atoms with E-state index in [1.807, 2.05) is 0 Å². The minimum Gasteiger partial charge on any atom is -0.320 e. The van der Waals surface area contributed by atoms with E-state index >= 15 is 4.39 Å².